The SMILES string of the molecule is CCc1cccc(CNC[C@@H](O)[C@H](Cc2cc(F)cc(F)c2)NC(=O)Cc2ccc3oc(-c4ccc(F)cc4)nc3c2)c1. The van der Waals surface area contributed by atoms with Crippen LogP contribution in [0.4, 0.5) is 13.2 Å². The number of carbonyl (C=O) groups excluding carboxylic acids is 1. The van der Waals surface area contributed by atoms with Crippen LogP contribution in [0.5, 0.6) is 0 Å². The Morgan fingerprint density at radius 1 is 0.860 bits per heavy atom. The summed E-state index contributed by atoms with van der Waals surface area (Å²) in [4.78, 5) is 17.6. The van der Waals surface area contributed by atoms with Crippen LogP contribution < -0.4 is 10.6 Å². The van der Waals surface area contributed by atoms with Crippen LogP contribution in [0.3, 0.4) is 0 Å². The van der Waals surface area contributed by atoms with Gasteiger partial charge in [0.1, 0.15) is 23.0 Å². The summed E-state index contributed by atoms with van der Waals surface area (Å²) in [5.41, 5.74) is 4.90. The van der Waals surface area contributed by atoms with Crippen LogP contribution in [0.25, 0.3) is 22.6 Å². The molecule has 5 aromatic rings. The van der Waals surface area contributed by atoms with Crippen LogP contribution in [0.1, 0.15) is 29.2 Å². The minimum atomic E-state index is -1.04. The lowest BCUT2D eigenvalue weighted by atomic mass is 10.00. The molecule has 0 saturated heterocycles. The summed E-state index contributed by atoms with van der Waals surface area (Å²) in [6.45, 7) is 2.74. The van der Waals surface area contributed by atoms with E-state index in [1.165, 1.54) is 29.8 Å². The van der Waals surface area contributed by atoms with E-state index in [-0.39, 0.29) is 31.1 Å². The first-order valence-electron chi connectivity index (χ1n) is 14.1. The highest BCUT2D eigenvalue weighted by Crippen LogP contribution is 2.25. The molecule has 0 aliphatic rings. The minimum absolute atomic E-state index is 0.0212. The van der Waals surface area contributed by atoms with Crippen molar-refractivity contribution < 1.29 is 27.5 Å². The average molecular weight is 588 g/mol. The number of rotatable bonds is 12. The van der Waals surface area contributed by atoms with Crippen molar-refractivity contribution in [2.24, 2.45) is 0 Å². The normalized spacial score (nSPS) is 12.8. The maximum absolute atomic E-state index is 13.9. The van der Waals surface area contributed by atoms with Gasteiger partial charge in [-0.1, -0.05) is 37.3 Å². The molecule has 6 nitrogen and oxygen atoms in total. The van der Waals surface area contributed by atoms with E-state index in [1.807, 2.05) is 18.2 Å². The van der Waals surface area contributed by atoms with Crippen molar-refractivity contribution in [2.75, 3.05) is 6.54 Å². The highest BCUT2D eigenvalue weighted by molar-refractivity contribution is 5.82. The zero-order chi connectivity index (χ0) is 30.3. The molecule has 3 N–H and O–H groups in total. The number of hydrogen-bond acceptors (Lipinski definition) is 5. The number of amides is 1. The summed E-state index contributed by atoms with van der Waals surface area (Å²) >= 11 is 0. The van der Waals surface area contributed by atoms with E-state index < -0.39 is 23.8 Å². The molecule has 0 saturated carbocycles. The van der Waals surface area contributed by atoms with E-state index in [0.29, 0.717) is 40.2 Å². The van der Waals surface area contributed by atoms with Crippen LogP contribution in [-0.2, 0) is 30.6 Å². The van der Waals surface area contributed by atoms with Crippen LogP contribution in [-0.4, -0.2) is 34.7 Å². The number of halogens is 3. The van der Waals surface area contributed by atoms with E-state index in [4.69, 9.17) is 4.42 Å². The number of fused-ring (bicyclic) bond motifs is 1. The van der Waals surface area contributed by atoms with Crippen molar-refractivity contribution in [3.63, 3.8) is 0 Å². The standard InChI is InChI=1S/C34H32F3N3O3/c1-2-21-4-3-5-23(12-21)19-38-20-31(41)29(16-24-13-27(36)18-28(37)14-24)39-33(42)17-22-6-11-32-30(15-22)40-34(43-32)25-7-9-26(35)10-8-25/h3-15,18,29,31,38,41H,2,16-17,19-20H2,1H3,(H,39,42)/t29-,31+/m0/s1. The minimum Gasteiger partial charge on any atom is -0.436 e. The quantitative estimate of drug-likeness (QED) is 0.169. The van der Waals surface area contributed by atoms with Gasteiger partial charge in [0.25, 0.3) is 0 Å². The topological polar surface area (TPSA) is 87.4 Å². The van der Waals surface area contributed by atoms with E-state index in [2.05, 4.69) is 28.6 Å². The van der Waals surface area contributed by atoms with Gasteiger partial charge < -0.3 is 20.2 Å². The molecule has 0 radical (unpaired) electrons. The highest BCUT2D eigenvalue weighted by Gasteiger charge is 2.23. The van der Waals surface area contributed by atoms with E-state index in [0.717, 1.165) is 18.1 Å². The number of aliphatic hydroxyl groups is 1. The number of carbonyl (C=O) groups is 1. The number of hydrogen-bond donors (Lipinski definition) is 3. The Hall–Kier alpha value is -4.47. The smallest absolute Gasteiger partial charge is 0.227 e. The zero-order valence-corrected chi connectivity index (χ0v) is 23.6. The van der Waals surface area contributed by atoms with Gasteiger partial charge in [0.05, 0.1) is 18.6 Å². The van der Waals surface area contributed by atoms with Gasteiger partial charge in [-0.15, -0.1) is 0 Å². The third-order valence-electron chi connectivity index (χ3n) is 7.18. The van der Waals surface area contributed by atoms with Crippen molar-refractivity contribution in [3.8, 4) is 11.5 Å². The first-order chi connectivity index (χ1) is 20.7. The lowest BCUT2D eigenvalue weighted by Crippen LogP contribution is -2.49. The Morgan fingerprint density at radius 2 is 1.60 bits per heavy atom. The van der Waals surface area contributed by atoms with Crippen molar-refractivity contribution in [3.05, 3.63) is 125 Å². The van der Waals surface area contributed by atoms with E-state index >= 15 is 0 Å². The molecule has 0 bridgehead atoms. The second-order valence-electron chi connectivity index (χ2n) is 10.5. The molecule has 1 aromatic heterocycles. The van der Waals surface area contributed by atoms with Gasteiger partial charge in [-0.3, -0.25) is 4.79 Å². The lowest BCUT2D eigenvalue weighted by Gasteiger charge is -2.25. The summed E-state index contributed by atoms with van der Waals surface area (Å²) < 4.78 is 46.9. The maximum atomic E-state index is 13.9. The zero-order valence-electron chi connectivity index (χ0n) is 23.6. The molecule has 4 aromatic carbocycles. The number of aliphatic hydroxyl groups excluding tert-OH is 1. The number of aromatic nitrogens is 1. The fourth-order valence-corrected chi connectivity index (χ4v) is 4.97. The van der Waals surface area contributed by atoms with Gasteiger partial charge in [0.15, 0.2) is 5.58 Å². The molecule has 9 heteroatoms. The molecule has 0 aliphatic heterocycles. The molecule has 222 valence electrons. The summed E-state index contributed by atoms with van der Waals surface area (Å²) in [5.74, 6) is -1.88. The second-order valence-corrected chi connectivity index (χ2v) is 10.5. The first kappa shape index (κ1) is 30.0. The van der Waals surface area contributed by atoms with Crippen molar-refractivity contribution in [2.45, 2.75) is 44.9 Å². The summed E-state index contributed by atoms with van der Waals surface area (Å²) in [7, 11) is 0. The predicted molar refractivity (Wildman–Crippen MR) is 159 cm³/mol. The molecule has 1 heterocycles. The molecule has 0 fully saturated rings. The van der Waals surface area contributed by atoms with Crippen molar-refractivity contribution in [1.29, 1.82) is 0 Å². The fraction of sp³-hybridized carbons (Fsp3) is 0.235. The van der Waals surface area contributed by atoms with Crippen LogP contribution in [0.15, 0.2) is 89.3 Å². The first-order valence-corrected chi connectivity index (χ1v) is 14.1. The predicted octanol–water partition coefficient (Wildman–Crippen LogP) is 5.90. The monoisotopic (exact) mass is 587 g/mol. The van der Waals surface area contributed by atoms with Crippen LogP contribution in [0.2, 0.25) is 0 Å². The molecule has 0 aliphatic carbocycles. The Kier molecular flexibility index (Phi) is 9.54. The summed E-state index contributed by atoms with van der Waals surface area (Å²) in [6.07, 6.45) is -0.126. The van der Waals surface area contributed by atoms with Gasteiger partial charge in [0.2, 0.25) is 11.8 Å². The average Bonchev–Trinajstić information content (AvgIpc) is 3.40. The Bertz CT molecular complexity index is 1680. The molecule has 1 amide bonds. The molecular weight excluding hydrogens is 555 g/mol. The van der Waals surface area contributed by atoms with Gasteiger partial charge in [-0.05, 0) is 83.6 Å². The third kappa shape index (κ3) is 8.09. The Morgan fingerprint density at radius 3 is 2.35 bits per heavy atom. The van der Waals surface area contributed by atoms with E-state index in [9.17, 15) is 23.1 Å². The Balaban J connectivity index is 1.27. The number of nitrogens with one attached hydrogen (secondary N) is 2. The highest BCUT2D eigenvalue weighted by atomic mass is 19.1. The molecule has 0 unspecified atom stereocenters. The van der Waals surface area contributed by atoms with Crippen molar-refractivity contribution in [1.82, 2.24) is 15.6 Å². The lowest BCUT2D eigenvalue weighted by molar-refractivity contribution is -0.122. The van der Waals surface area contributed by atoms with Gasteiger partial charge >= 0.3 is 0 Å². The van der Waals surface area contributed by atoms with Gasteiger partial charge in [-0.25, -0.2) is 18.2 Å². The van der Waals surface area contributed by atoms with Crippen molar-refractivity contribution >= 4 is 17.0 Å². The molecule has 0 spiro atoms. The fourth-order valence-electron chi connectivity index (χ4n) is 4.97. The van der Waals surface area contributed by atoms with Crippen LogP contribution >= 0.6 is 0 Å². The number of aryl methyl sites for hydroxylation is 1. The van der Waals surface area contributed by atoms with Gasteiger partial charge in [0, 0.05) is 24.7 Å². The maximum Gasteiger partial charge on any atom is 0.227 e. The molecule has 2 atom stereocenters. The number of nitrogens with zero attached hydrogens (tertiary/aromatic N) is 1. The summed E-state index contributed by atoms with van der Waals surface area (Å²) in [5, 5.41) is 17.1. The Labute approximate surface area is 247 Å². The molecular formula is C34H32F3N3O3. The van der Waals surface area contributed by atoms with Gasteiger partial charge in [-0.2, -0.15) is 0 Å². The second kappa shape index (κ2) is 13.7. The number of benzene rings is 4. The van der Waals surface area contributed by atoms with E-state index in [1.54, 1.807) is 30.3 Å². The third-order valence-corrected chi connectivity index (χ3v) is 7.18. The van der Waals surface area contributed by atoms with Crippen LogP contribution in [0, 0.1) is 17.5 Å². The molecule has 43 heavy (non-hydrogen) atoms. The molecule has 5 rings (SSSR count). The number of oxazole rings is 1. The summed E-state index contributed by atoms with van der Waals surface area (Å²) in [6, 6.07) is 21.4. The largest absolute Gasteiger partial charge is 0.436 e.